The van der Waals surface area contributed by atoms with Crippen LogP contribution in [0.1, 0.15) is 46.2 Å². The molecule has 0 bridgehead atoms. The van der Waals surface area contributed by atoms with Crippen LogP contribution in [-0.2, 0) is 6.54 Å². The molecule has 0 fully saturated rings. The molecule has 23 heavy (non-hydrogen) atoms. The van der Waals surface area contributed by atoms with Gasteiger partial charge in [-0.2, -0.15) is 0 Å². The molecule has 130 valence electrons. The van der Waals surface area contributed by atoms with Crippen LogP contribution in [0, 0.1) is 5.92 Å². The van der Waals surface area contributed by atoms with E-state index in [1.165, 1.54) is 6.42 Å². The Labute approximate surface area is 141 Å². The Balaban J connectivity index is 2.65. The van der Waals surface area contributed by atoms with Crippen molar-refractivity contribution in [3.63, 3.8) is 0 Å². The molecule has 5 heteroatoms. The zero-order valence-electron chi connectivity index (χ0n) is 15.6. The molecule has 1 aromatic rings. The topological polar surface area (TPSA) is 52.6 Å². The van der Waals surface area contributed by atoms with Gasteiger partial charge in [0.2, 0.25) is 0 Å². The van der Waals surface area contributed by atoms with E-state index in [1.54, 1.807) is 0 Å². The summed E-state index contributed by atoms with van der Waals surface area (Å²) < 4.78 is 0. The van der Waals surface area contributed by atoms with Crippen LogP contribution in [0.15, 0.2) is 23.2 Å². The minimum absolute atomic E-state index is 0.413. The number of pyridine rings is 1. The first-order valence-corrected chi connectivity index (χ1v) is 8.60. The largest absolute Gasteiger partial charge is 0.363 e. The molecule has 0 amide bonds. The maximum absolute atomic E-state index is 4.66. The van der Waals surface area contributed by atoms with Gasteiger partial charge in [-0.15, -0.1) is 0 Å². The van der Waals surface area contributed by atoms with Crippen molar-refractivity contribution in [2.24, 2.45) is 10.9 Å². The smallest absolute Gasteiger partial charge is 0.191 e. The van der Waals surface area contributed by atoms with Crippen molar-refractivity contribution in [1.29, 1.82) is 0 Å². The van der Waals surface area contributed by atoms with Gasteiger partial charge < -0.3 is 15.5 Å². The molecule has 0 saturated heterocycles. The van der Waals surface area contributed by atoms with Crippen molar-refractivity contribution in [2.45, 2.75) is 53.1 Å². The number of nitrogens with zero attached hydrogens (tertiary/aromatic N) is 3. The van der Waals surface area contributed by atoms with Crippen LogP contribution in [-0.4, -0.2) is 37.6 Å². The molecule has 0 aliphatic carbocycles. The third kappa shape index (κ3) is 7.86. The Bertz CT molecular complexity index is 482. The zero-order valence-corrected chi connectivity index (χ0v) is 15.6. The van der Waals surface area contributed by atoms with Crippen molar-refractivity contribution < 1.29 is 0 Å². The van der Waals surface area contributed by atoms with Crippen molar-refractivity contribution in [3.8, 4) is 0 Å². The van der Waals surface area contributed by atoms with E-state index in [9.17, 15) is 0 Å². The van der Waals surface area contributed by atoms with Crippen LogP contribution in [0.25, 0.3) is 0 Å². The minimum atomic E-state index is 0.413. The van der Waals surface area contributed by atoms with Crippen molar-refractivity contribution in [1.82, 2.24) is 15.6 Å². The lowest BCUT2D eigenvalue weighted by Crippen LogP contribution is -2.42. The highest BCUT2D eigenvalue weighted by atomic mass is 15.2. The first kappa shape index (κ1) is 19.3. The molecular weight excluding hydrogens is 286 g/mol. The number of aliphatic imine (C=N–C) groups is 1. The molecule has 5 nitrogen and oxygen atoms in total. The average Bonchev–Trinajstić information content (AvgIpc) is 2.51. The van der Waals surface area contributed by atoms with E-state index >= 15 is 0 Å². The van der Waals surface area contributed by atoms with Gasteiger partial charge in [0.05, 0.1) is 12.2 Å². The molecule has 1 heterocycles. The van der Waals surface area contributed by atoms with Crippen molar-refractivity contribution in [3.05, 3.63) is 23.9 Å². The predicted molar refractivity (Wildman–Crippen MR) is 100 cm³/mol. The normalized spacial score (nSPS) is 13.1. The quantitative estimate of drug-likeness (QED) is 0.571. The Morgan fingerprint density at radius 2 is 1.96 bits per heavy atom. The summed E-state index contributed by atoms with van der Waals surface area (Å²) in [5, 5.41) is 6.79. The lowest BCUT2D eigenvalue weighted by molar-refractivity contribution is 0.489. The van der Waals surface area contributed by atoms with E-state index in [-0.39, 0.29) is 0 Å². The summed E-state index contributed by atoms with van der Waals surface area (Å²) in [6.07, 6.45) is 2.37. The molecular formula is C18H33N5. The Kier molecular flexibility index (Phi) is 8.45. The summed E-state index contributed by atoms with van der Waals surface area (Å²) in [5.74, 6) is 2.55. The summed E-state index contributed by atoms with van der Waals surface area (Å²) in [6, 6.07) is 6.46. The second-order valence-electron chi connectivity index (χ2n) is 6.59. The Morgan fingerprint density at radius 1 is 1.22 bits per heavy atom. The van der Waals surface area contributed by atoms with Gasteiger partial charge in [0.1, 0.15) is 5.82 Å². The molecule has 1 atom stereocenters. The fraction of sp³-hybridized carbons (Fsp3) is 0.667. The molecule has 1 aromatic heterocycles. The molecule has 1 unspecified atom stereocenters. The average molecular weight is 319 g/mol. The van der Waals surface area contributed by atoms with Crippen LogP contribution in [0.2, 0.25) is 0 Å². The fourth-order valence-electron chi connectivity index (χ4n) is 2.17. The van der Waals surface area contributed by atoms with E-state index in [4.69, 9.17) is 0 Å². The highest BCUT2D eigenvalue weighted by Gasteiger charge is 2.06. The van der Waals surface area contributed by atoms with Crippen LogP contribution >= 0.6 is 0 Å². The lowest BCUT2D eigenvalue weighted by Gasteiger charge is -2.18. The second kappa shape index (κ2) is 10.1. The van der Waals surface area contributed by atoms with E-state index < -0.39 is 0 Å². The Hall–Kier alpha value is -1.78. The van der Waals surface area contributed by atoms with Crippen LogP contribution in [0.4, 0.5) is 5.82 Å². The van der Waals surface area contributed by atoms with Gasteiger partial charge in [-0.05, 0) is 44.7 Å². The third-order valence-electron chi connectivity index (χ3n) is 3.55. The maximum atomic E-state index is 4.66. The highest BCUT2D eigenvalue weighted by Crippen LogP contribution is 2.09. The number of hydrogen-bond donors (Lipinski definition) is 2. The van der Waals surface area contributed by atoms with E-state index in [1.807, 2.05) is 37.2 Å². The van der Waals surface area contributed by atoms with Gasteiger partial charge in [0.15, 0.2) is 5.96 Å². The number of nitrogens with one attached hydrogen (secondary N) is 2. The standard InChI is InChI=1S/C18H33N5/c1-7-19-18(21-15(4)12-11-14(2)3)20-13-16-9-8-10-17(22-16)23(5)6/h8-10,14-15H,7,11-13H2,1-6H3,(H2,19,20,21). The van der Waals surface area contributed by atoms with Gasteiger partial charge >= 0.3 is 0 Å². The highest BCUT2D eigenvalue weighted by molar-refractivity contribution is 5.80. The molecule has 0 radical (unpaired) electrons. The predicted octanol–water partition coefficient (Wildman–Crippen LogP) is 3.03. The van der Waals surface area contributed by atoms with Gasteiger partial charge in [-0.1, -0.05) is 19.9 Å². The summed E-state index contributed by atoms with van der Waals surface area (Å²) in [6.45, 7) is 10.2. The fourth-order valence-corrected chi connectivity index (χ4v) is 2.17. The molecule has 0 spiro atoms. The zero-order chi connectivity index (χ0) is 17.2. The Morgan fingerprint density at radius 3 is 2.57 bits per heavy atom. The number of rotatable bonds is 8. The van der Waals surface area contributed by atoms with E-state index in [2.05, 4.69) is 48.3 Å². The number of anilines is 1. The molecule has 2 N–H and O–H groups in total. The monoisotopic (exact) mass is 319 g/mol. The summed E-state index contributed by atoms with van der Waals surface area (Å²) >= 11 is 0. The van der Waals surface area contributed by atoms with Gasteiger partial charge in [-0.3, -0.25) is 0 Å². The first-order valence-electron chi connectivity index (χ1n) is 8.60. The van der Waals surface area contributed by atoms with Gasteiger partial charge in [0, 0.05) is 26.7 Å². The SMILES string of the molecule is CCNC(=NCc1cccc(N(C)C)n1)NC(C)CCC(C)C. The lowest BCUT2D eigenvalue weighted by atomic mass is 10.0. The number of aromatic nitrogens is 1. The third-order valence-corrected chi connectivity index (χ3v) is 3.55. The molecule has 0 aliphatic heterocycles. The van der Waals surface area contributed by atoms with Gasteiger partial charge in [-0.25, -0.2) is 9.98 Å². The molecule has 0 saturated carbocycles. The first-order chi connectivity index (χ1) is 10.9. The number of guanidine groups is 1. The van der Waals surface area contributed by atoms with Gasteiger partial charge in [0.25, 0.3) is 0 Å². The van der Waals surface area contributed by atoms with E-state index in [0.29, 0.717) is 12.6 Å². The molecule has 0 aromatic carbocycles. The summed E-state index contributed by atoms with van der Waals surface area (Å²) in [4.78, 5) is 11.3. The van der Waals surface area contributed by atoms with Crippen LogP contribution < -0.4 is 15.5 Å². The van der Waals surface area contributed by atoms with E-state index in [0.717, 1.165) is 36.4 Å². The van der Waals surface area contributed by atoms with Crippen LogP contribution in [0.5, 0.6) is 0 Å². The second-order valence-corrected chi connectivity index (χ2v) is 6.59. The number of hydrogen-bond acceptors (Lipinski definition) is 3. The molecule has 0 aliphatic rings. The summed E-state index contributed by atoms with van der Waals surface area (Å²) in [7, 11) is 3.99. The van der Waals surface area contributed by atoms with Crippen molar-refractivity contribution in [2.75, 3.05) is 25.5 Å². The molecule has 1 rings (SSSR count). The maximum Gasteiger partial charge on any atom is 0.191 e. The van der Waals surface area contributed by atoms with Crippen molar-refractivity contribution >= 4 is 11.8 Å². The minimum Gasteiger partial charge on any atom is -0.363 e. The summed E-state index contributed by atoms with van der Waals surface area (Å²) in [5.41, 5.74) is 0.975. The van der Waals surface area contributed by atoms with Crippen LogP contribution in [0.3, 0.4) is 0 Å².